The molecule has 6 N–H and O–H groups in total. The van der Waals surface area contributed by atoms with Crippen molar-refractivity contribution in [2.75, 3.05) is 13.2 Å². The second-order valence-electron chi connectivity index (χ2n) is 16.9. The quantitative estimate of drug-likeness (QED) is 0.0265. The molecule has 0 aromatic heterocycles. The number of amides is 1. The lowest BCUT2D eigenvalue weighted by Gasteiger charge is -2.40. The molecular weight excluding hydrogens is 719 g/mol. The van der Waals surface area contributed by atoms with E-state index in [0.717, 1.165) is 44.9 Å². The van der Waals surface area contributed by atoms with Crippen LogP contribution in [0.1, 0.15) is 219 Å². The summed E-state index contributed by atoms with van der Waals surface area (Å²) in [5, 5.41) is 53.9. The molecule has 7 atom stereocenters. The standard InChI is InChI=1S/C48H91NO8/c1-3-5-7-9-11-13-14-15-16-17-18-19-20-21-22-23-24-25-26-27-28-29-30-32-34-36-38-44(52)49-41(42(51)37-35-33-31-12-10-8-6-4-2)40-56-48-47(55)46(54)45(53)43(39-50)57-48/h10,12,35,37,41-43,45-48,50-51,53-55H,3-9,11,13-34,36,38-40H2,1-2H3,(H,49,52)/b12-10+,37-35+. The van der Waals surface area contributed by atoms with Crippen LogP contribution in [0.25, 0.3) is 0 Å². The average Bonchev–Trinajstić information content (AvgIpc) is 3.21. The second kappa shape index (κ2) is 38.8. The Labute approximate surface area is 349 Å². The lowest BCUT2D eigenvalue weighted by atomic mass is 9.99. The molecule has 1 amide bonds. The molecule has 9 heteroatoms. The molecule has 7 unspecified atom stereocenters. The molecule has 1 heterocycles. The van der Waals surface area contributed by atoms with E-state index in [1.807, 2.05) is 6.08 Å². The zero-order valence-electron chi connectivity index (χ0n) is 36.9. The Kier molecular flexibility index (Phi) is 36.6. The van der Waals surface area contributed by atoms with E-state index < -0.39 is 49.5 Å². The number of hydrogen-bond acceptors (Lipinski definition) is 8. The fraction of sp³-hybridized carbons (Fsp3) is 0.896. The van der Waals surface area contributed by atoms with Gasteiger partial charge in [0, 0.05) is 6.42 Å². The van der Waals surface area contributed by atoms with Crippen LogP contribution >= 0.6 is 0 Å². The normalized spacial score (nSPS) is 21.1. The number of allylic oxidation sites excluding steroid dienone is 3. The molecule has 0 aliphatic carbocycles. The number of hydrogen-bond donors (Lipinski definition) is 6. The maximum absolute atomic E-state index is 12.9. The first kappa shape index (κ1) is 53.7. The Bertz CT molecular complexity index is 945. The number of nitrogens with one attached hydrogen (secondary N) is 1. The van der Waals surface area contributed by atoms with Crippen LogP contribution in [0.4, 0.5) is 0 Å². The van der Waals surface area contributed by atoms with Gasteiger partial charge in [0.2, 0.25) is 5.91 Å². The van der Waals surface area contributed by atoms with Crippen molar-refractivity contribution in [3.05, 3.63) is 24.3 Å². The molecule has 57 heavy (non-hydrogen) atoms. The molecule has 9 nitrogen and oxygen atoms in total. The Hall–Kier alpha value is -1.33. The van der Waals surface area contributed by atoms with Gasteiger partial charge in [-0.2, -0.15) is 0 Å². The van der Waals surface area contributed by atoms with Crippen molar-refractivity contribution in [3.8, 4) is 0 Å². The molecule has 0 bridgehead atoms. The number of carbonyl (C=O) groups is 1. The second-order valence-corrected chi connectivity index (χ2v) is 16.9. The fourth-order valence-electron chi connectivity index (χ4n) is 7.63. The summed E-state index contributed by atoms with van der Waals surface area (Å²) in [4.78, 5) is 12.9. The lowest BCUT2D eigenvalue weighted by molar-refractivity contribution is -0.302. The van der Waals surface area contributed by atoms with Crippen LogP contribution in [0.5, 0.6) is 0 Å². The van der Waals surface area contributed by atoms with Crippen molar-refractivity contribution in [1.82, 2.24) is 5.32 Å². The summed E-state index contributed by atoms with van der Waals surface area (Å²) in [6.07, 6.45) is 39.8. The van der Waals surface area contributed by atoms with Gasteiger partial charge in [-0.3, -0.25) is 4.79 Å². The van der Waals surface area contributed by atoms with E-state index in [-0.39, 0.29) is 12.5 Å². The van der Waals surface area contributed by atoms with Crippen LogP contribution in [0.2, 0.25) is 0 Å². The summed E-state index contributed by atoms with van der Waals surface area (Å²) < 4.78 is 11.2. The molecule has 0 radical (unpaired) electrons. The van der Waals surface area contributed by atoms with Crippen LogP contribution < -0.4 is 5.32 Å². The van der Waals surface area contributed by atoms with Gasteiger partial charge in [0.05, 0.1) is 25.4 Å². The van der Waals surface area contributed by atoms with Gasteiger partial charge in [0.1, 0.15) is 24.4 Å². The van der Waals surface area contributed by atoms with Gasteiger partial charge in [0.15, 0.2) is 6.29 Å². The minimum atomic E-state index is -1.57. The third-order valence-electron chi connectivity index (χ3n) is 11.5. The Morgan fingerprint density at radius 2 is 1.00 bits per heavy atom. The molecule has 1 aliphatic rings. The van der Waals surface area contributed by atoms with Crippen LogP contribution in [0, 0.1) is 0 Å². The Morgan fingerprint density at radius 1 is 0.579 bits per heavy atom. The maximum Gasteiger partial charge on any atom is 0.220 e. The van der Waals surface area contributed by atoms with Crippen LogP contribution in [0.3, 0.4) is 0 Å². The maximum atomic E-state index is 12.9. The molecular formula is C48H91NO8. The SMILES string of the molecule is CCCC/C=C/CC/C=C/C(O)C(COC1OC(CO)C(O)C(O)C1O)NC(=O)CCCCCCCCCCCCCCCCCCCCCCCCCCCC. The van der Waals surface area contributed by atoms with E-state index in [4.69, 9.17) is 9.47 Å². The highest BCUT2D eigenvalue weighted by Crippen LogP contribution is 2.23. The van der Waals surface area contributed by atoms with Crippen LogP contribution in [0.15, 0.2) is 24.3 Å². The molecule has 0 spiro atoms. The van der Waals surface area contributed by atoms with Gasteiger partial charge in [-0.1, -0.05) is 212 Å². The summed E-state index contributed by atoms with van der Waals surface area (Å²) in [6.45, 7) is 3.69. The van der Waals surface area contributed by atoms with E-state index in [1.54, 1.807) is 6.08 Å². The number of rotatable bonds is 40. The first-order valence-electron chi connectivity index (χ1n) is 24.1. The van der Waals surface area contributed by atoms with Gasteiger partial charge >= 0.3 is 0 Å². The predicted octanol–water partition coefficient (Wildman–Crippen LogP) is 10.3. The highest BCUT2D eigenvalue weighted by atomic mass is 16.7. The van der Waals surface area contributed by atoms with Crippen molar-refractivity contribution in [2.45, 2.75) is 262 Å². The van der Waals surface area contributed by atoms with Crippen LogP contribution in [-0.2, 0) is 14.3 Å². The average molecular weight is 810 g/mol. The highest BCUT2D eigenvalue weighted by molar-refractivity contribution is 5.76. The van der Waals surface area contributed by atoms with Crippen molar-refractivity contribution in [2.24, 2.45) is 0 Å². The molecule has 1 saturated heterocycles. The predicted molar refractivity (Wildman–Crippen MR) is 235 cm³/mol. The molecule has 0 aromatic rings. The molecule has 0 saturated carbocycles. The third kappa shape index (κ3) is 29.5. The van der Waals surface area contributed by atoms with E-state index >= 15 is 0 Å². The summed E-state index contributed by atoms with van der Waals surface area (Å²) >= 11 is 0. The van der Waals surface area contributed by atoms with Crippen LogP contribution in [-0.4, -0.2) is 87.5 Å². The largest absolute Gasteiger partial charge is 0.394 e. The monoisotopic (exact) mass is 810 g/mol. The summed E-state index contributed by atoms with van der Waals surface area (Å²) in [6, 6.07) is -0.815. The third-order valence-corrected chi connectivity index (χ3v) is 11.5. The summed E-state index contributed by atoms with van der Waals surface area (Å²) in [7, 11) is 0. The van der Waals surface area contributed by atoms with Gasteiger partial charge in [-0.05, 0) is 25.7 Å². The minimum absolute atomic E-state index is 0.187. The number of aliphatic hydroxyl groups is 5. The topological polar surface area (TPSA) is 149 Å². The zero-order valence-corrected chi connectivity index (χ0v) is 36.9. The first-order valence-corrected chi connectivity index (χ1v) is 24.1. The van der Waals surface area contributed by atoms with Gasteiger partial charge < -0.3 is 40.3 Å². The number of aliphatic hydroxyl groups excluding tert-OH is 5. The molecule has 336 valence electrons. The van der Waals surface area contributed by atoms with E-state index in [1.165, 1.54) is 154 Å². The molecule has 1 aliphatic heterocycles. The first-order chi connectivity index (χ1) is 27.8. The summed E-state index contributed by atoms with van der Waals surface area (Å²) in [5.74, 6) is -0.187. The van der Waals surface area contributed by atoms with E-state index in [0.29, 0.717) is 6.42 Å². The Morgan fingerprint density at radius 3 is 1.46 bits per heavy atom. The molecule has 1 fully saturated rings. The molecule has 0 aromatic carbocycles. The van der Waals surface area contributed by atoms with E-state index in [9.17, 15) is 30.3 Å². The zero-order chi connectivity index (χ0) is 41.6. The lowest BCUT2D eigenvalue weighted by Crippen LogP contribution is -2.60. The fourth-order valence-corrected chi connectivity index (χ4v) is 7.63. The van der Waals surface area contributed by atoms with E-state index in [2.05, 4.69) is 31.3 Å². The van der Waals surface area contributed by atoms with Crippen molar-refractivity contribution >= 4 is 5.91 Å². The van der Waals surface area contributed by atoms with Crippen molar-refractivity contribution < 1.29 is 39.8 Å². The number of ether oxygens (including phenoxy) is 2. The Balaban J connectivity index is 2.15. The van der Waals surface area contributed by atoms with Crippen molar-refractivity contribution in [1.29, 1.82) is 0 Å². The van der Waals surface area contributed by atoms with Crippen molar-refractivity contribution in [3.63, 3.8) is 0 Å². The highest BCUT2D eigenvalue weighted by Gasteiger charge is 2.44. The number of unbranched alkanes of at least 4 members (excludes halogenated alkanes) is 28. The van der Waals surface area contributed by atoms with Gasteiger partial charge in [-0.15, -0.1) is 0 Å². The summed E-state index contributed by atoms with van der Waals surface area (Å²) in [5.41, 5.74) is 0. The van der Waals surface area contributed by atoms with Gasteiger partial charge in [0.25, 0.3) is 0 Å². The minimum Gasteiger partial charge on any atom is -0.394 e. The number of carbonyl (C=O) groups excluding carboxylic acids is 1. The molecule has 1 rings (SSSR count). The van der Waals surface area contributed by atoms with Gasteiger partial charge in [-0.25, -0.2) is 0 Å². The smallest absolute Gasteiger partial charge is 0.220 e.